The van der Waals surface area contributed by atoms with E-state index in [2.05, 4.69) is 42.6 Å². The van der Waals surface area contributed by atoms with Gasteiger partial charge >= 0.3 is 0 Å². The van der Waals surface area contributed by atoms with Crippen LogP contribution in [0.25, 0.3) is 0 Å². The molecular weight excluding hydrogens is 306 g/mol. The fourth-order valence-electron chi connectivity index (χ4n) is 1.50. The molecule has 0 unspecified atom stereocenters. The van der Waals surface area contributed by atoms with E-state index in [1.807, 2.05) is 19.1 Å². The molecule has 1 aromatic heterocycles. The van der Waals surface area contributed by atoms with E-state index < -0.39 is 0 Å². The molecule has 0 aliphatic carbocycles. The SMILES string of the molecule is CCNc1ncc(Br)c(Nc2cccc(C#N)c2)n1. The lowest BCUT2D eigenvalue weighted by Crippen LogP contribution is -2.04. The van der Waals surface area contributed by atoms with Gasteiger partial charge in [-0.15, -0.1) is 0 Å². The first kappa shape index (κ1) is 13.3. The minimum Gasteiger partial charge on any atom is -0.354 e. The zero-order chi connectivity index (χ0) is 13.7. The average molecular weight is 318 g/mol. The van der Waals surface area contributed by atoms with E-state index in [0.717, 1.165) is 16.7 Å². The fourth-order valence-corrected chi connectivity index (χ4v) is 1.79. The predicted octanol–water partition coefficient (Wildman–Crippen LogP) is 3.29. The first-order valence-electron chi connectivity index (χ1n) is 5.76. The summed E-state index contributed by atoms with van der Waals surface area (Å²) in [6.45, 7) is 2.74. The quantitative estimate of drug-likeness (QED) is 0.905. The van der Waals surface area contributed by atoms with Crippen LogP contribution in [0.15, 0.2) is 34.9 Å². The molecule has 0 atom stereocenters. The minimum absolute atomic E-state index is 0.560. The summed E-state index contributed by atoms with van der Waals surface area (Å²) in [7, 11) is 0. The number of nitrogens with one attached hydrogen (secondary N) is 2. The van der Waals surface area contributed by atoms with E-state index >= 15 is 0 Å². The first-order chi connectivity index (χ1) is 9.22. The van der Waals surface area contributed by atoms with Crippen LogP contribution in [-0.4, -0.2) is 16.5 Å². The van der Waals surface area contributed by atoms with E-state index in [1.54, 1.807) is 18.3 Å². The largest absolute Gasteiger partial charge is 0.354 e. The third kappa shape index (κ3) is 3.42. The van der Waals surface area contributed by atoms with Crippen molar-refractivity contribution >= 4 is 33.4 Å². The number of rotatable bonds is 4. The summed E-state index contributed by atoms with van der Waals surface area (Å²) < 4.78 is 0.761. The molecule has 0 saturated heterocycles. The van der Waals surface area contributed by atoms with Crippen molar-refractivity contribution in [3.05, 3.63) is 40.5 Å². The lowest BCUT2D eigenvalue weighted by atomic mass is 10.2. The van der Waals surface area contributed by atoms with Crippen LogP contribution in [0, 0.1) is 11.3 Å². The van der Waals surface area contributed by atoms with E-state index in [-0.39, 0.29) is 0 Å². The third-order valence-electron chi connectivity index (χ3n) is 2.33. The molecule has 1 heterocycles. The molecule has 1 aromatic carbocycles. The maximum absolute atomic E-state index is 8.87. The molecule has 0 spiro atoms. The maximum atomic E-state index is 8.87. The van der Waals surface area contributed by atoms with E-state index in [1.165, 1.54) is 0 Å². The number of nitriles is 1. The van der Waals surface area contributed by atoms with Crippen molar-refractivity contribution in [1.82, 2.24) is 9.97 Å². The van der Waals surface area contributed by atoms with Gasteiger partial charge in [0.1, 0.15) is 5.82 Å². The van der Waals surface area contributed by atoms with E-state index in [9.17, 15) is 0 Å². The van der Waals surface area contributed by atoms with Crippen molar-refractivity contribution in [2.24, 2.45) is 0 Å². The molecule has 0 amide bonds. The Hall–Kier alpha value is -2.13. The molecule has 0 aliphatic rings. The topological polar surface area (TPSA) is 73.6 Å². The van der Waals surface area contributed by atoms with Crippen molar-refractivity contribution in [2.75, 3.05) is 17.2 Å². The van der Waals surface area contributed by atoms with Gasteiger partial charge in [-0.2, -0.15) is 10.2 Å². The highest BCUT2D eigenvalue weighted by molar-refractivity contribution is 9.10. The Morgan fingerprint density at radius 2 is 2.26 bits per heavy atom. The molecule has 0 fully saturated rings. The van der Waals surface area contributed by atoms with Gasteiger partial charge in [0.2, 0.25) is 5.95 Å². The van der Waals surface area contributed by atoms with Crippen LogP contribution in [-0.2, 0) is 0 Å². The standard InChI is InChI=1S/C13H12BrN5/c1-2-16-13-17-8-11(14)12(19-13)18-10-5-3-4-9(6-10)7-15/h3-6,8H,2H2,1H3,(H2,16,17,18,19). The number of hydrogen-bond donors (Lipinski definition) is 2. The van der Waals surface area contributed by atoms with Crippen molar-refractivity contribution in [3.8, 4) is 6.07 Å². The van der Waals surface area contributed by atoms with Crippen molar-refractivity contribution < 1.29 is 0 Å². The molecule has 0 bridgehead atoms. The van der Waals surface area contributed by atoms with Gasteiger partial charge in [-0.1, -0.05) is 6.07 Å². The molecular formula is C13H12BrN5. The van der Waals surface area contributed by atoms with E-state index in [0.29, 0.717) is 17.3 Å². The predicted molar refractivity (Wildman–Crippen MR) is 78.3 cm³/mol. The number of anilines is 3. The molecule has 6 heteroatoms. The Bertz CT molecular complexity index is 621. The van der Waals surface area contributed by atoms with Gasteiger partial charge < -0.3 is 10.6 Å². The lowest BCUT2D eigenvalue weighted by molar-refractivity contribution is 1.08. The van der Waals surface area contributed by atoms with Crippen LogP contribution in [0.1, 0.15) is 12.5 Å². The Morgan fingerprint density at radius 1 is 1.42 bits per heavy atom. The molecule has 0 aliphatic heterocycles. The highest BCUT2D eigenvalue weighted by Gasteiger charge is 2.05. The highest BCUT2D eigenvalue weighted by atomic mass is 79.9. The lowest BCUT2D eigenvalue weighted by Gasteiger charge is -2.09. The number of nitrogens with zero attached hydrogens (tertiary/aromatic N) is 3. The second-order valence-electron chi connectivity index (χ2n) is 3.74. The zero-order valence-electron chi connectivity index (χ0n) is 10.3. The molecule has 2 N–H and O–H groups in total. The molecule has 2 rings (SSSR count). The van der Waals surface area contributed by atoms with Crippen LogP contribution in [0.3, 0.4) is 0 Å². The van der Waals surface area contributed by atoms with Gasteiger partial charge in [0.15, 0.2) is 0 Å². The summed E-state index contributed by atoms with van der Waals surface area (Å²) in [5.41, 5.74) is 1.41. The summed E-state index contributed by atoms with van der Waals surface area (Å²) >= 11 is 3.39. The van der Waals surface area contributed by atoms with Crippen molar-refractivity contribution in [2.45, 2.75) is 6.92 Å². The van der Waals surface area contributed by atoms with Gasteiger partial charge in [-0.05, 0) is 41.1 Å². The van der Waals surface area contributed by atoms with Gasteiger partial charge in [0.05, 0.1) is 16.1 Å². The van der Waals surface area contributed by atoms with Crippen molar-refractivity contribution in [3.63, 3.8) is 0 Å². The van der Waals surface area contributed by atoms with Gasteiger partial charge in [0.25, 0.3) is 0 Å². The number of aromatic nitrogens is 2. The molecule has 96 valence electrons. The Morgan fingerprint density at radius 3 is 3.00 bits per heavy atom. The average Bonchev–Trinajstić information content (AvgIpc) is 2.43. The van der Waals surface area contributed by atoms with Gasteiger partial charge in [0, 0.05) is 18.4 Å². The Labute approximate surface area is 119 Å². The normalized spacial score (nSPS) is 9.74. The molecule has 5 nitrogen and oxygen atoms in total. The monoisotopic (exact) mass is 317 g/mol. The van der Waals surface area contributed by atoms with Crippen LogP contribution >= 0.6 is 15.9 Å². The van der Waals surface area contributed by atoms with Crippen LogP contribution in [0.2, 0.25) is 0 Å². The number of hydrogen-bond acceptors (Lipinski definition) is 5. The highest BCUT2D eigenvalue weighted by Crippen LogP contribution is 2.24. The molecule has 19 heavy (non-hydrogen) atoms. The van der Waals surface area contributed by atoms with Crippen LogP contribution in [0.4, 0.5) is 17.5 Å². The second-order valence-corrected chi connectivity index (χ2v) is 4.59. The Kier molecular flexibility index (Phi) is 4.31. The smallest absolute Gasteiger partial charge is 0.224 e. The van der Waals surface area contributed by atoms with Crippen LogP contribution < -0.4 is 10.6 Å². The minimum atomic E-state index is 0.560. The second kappa shape index (κ2) is 6.16. The van der Waals surface area contributed by atoms with Crippen molar-refractivity contribution in [1.29, 1.82) is 5.26 Å². The number of benzene rings is 1. The van der Waals surface area contributed by atoms with Crippen LogP contribution in [0.5, 0.6) is 0 Å². The summed E-state index contributed by atoms with van der Waals surface area (Å²) in [6, 6.07) is 9.32. The van der Waals surface area contributed by atoms with Gasteiger partial charge in [-0.3, -0.25) is 0 Å². The number of halogens is 1. The van der Waals surface area contributed by atoms with Gasteiger partial charge in [-0.25, -0.2) is 4.98 Å². The molecule has 0 saturated carbocycles. The summed E-state index contributed by atoms with van der Waals surface area (Å²) in [5.74, 6) is 1.21. The summed E-state index contributed by atoms with van der Waals surface area (Å²) in [5, 5.41) is 15.1. The fraction of sp³-hybridized carbons (Fsp3) is 0.154. The first-order valence-corrected chi connectivity index (χ1v) is 6.56. The molecule has 2 aromatic rings. The zero-order valence-corrected chi connectivity index (χ0v) is 11.9. The molecule has 0 radical (unpaired) electrons. The maximum Gasteiger partial charge on any atom is 0.224 e. The van der Waals surface area contributed by atoms with E-state index in [4.69, 9.17) is 5.26 Å². The Balaban J connectivity index is 2.26. The third-order valence-corrected chi connectivity index (χ3v) is 2.91. The summed E-state index contributed by atoms with van der Waals surface area (Å²) in [6.07, 6.45) is 1.68. The summed E-state index contributed by atoms with van der Waals surface area (Å²) in [4.78, 5) is 8.49.